The predicted molar refractivity (Wildman–Crippen MR) is 196 cm³/mol. The van der Waals surface area contributed by atoms with Crippen LogP contribution < -0.4 is 20.9 Å². The van der Waals surface area contributed by atoms with Gasteiger partial charge >= 0.3 is 5.97 Å². The van der Waals surface area contributed by atoms with Gasteiger partial charge in [-0.25, -0.2) is 0 Å². The number of carbonyl (C=O) groups excluding carboxylic acids is 3. The third kappa shape index (κ3) is 6.62. The van der Waals surface area contributed by atoms with E-state index < -0.39 is 72.0 Å². The molecule has 0 spiro atoms. The standard InChI is InChI=1S/C41H40N2O12/c1-18-37(49)41(51,52)38(50)40(53-18)55-28-16-27-32(34(46)26(28)13-20-6-5-9-24(12-20)39(42)43)36(48)31-25(17-44)15-29(54-19(2)45)30(33(31)35(27)47)23-11-10-21-7-3-4-8-22(21)14-23/h3-9,12,14-16,18,37-40,44,46,49-52H,10-11,13,17,42-43H2,1-2H3/t18-,37-,38+,40-/m1/s1. The molecular weight excluding hydrogens is 712 g/mol. The molecule has 1 saturated heterocycles. The number of phenolic OH excluding ortho intramolecular Hbond substituents is 1. The number of benzene rings is 4. The molecule has 0 saturated carbocycles. The molecule has 1 aliphatic heterocycles. The highest BCUT2D eigenvalue weighted by atomic mass is 16.7. The van der Waals surface area contributed by atoms with Crippen LogP contribution in [-0.2, 0) is 29.0 Å². The highest BCUT2D eigenvalue weighted by Crippen LogP contribution is 2.47. The fourth-order valence-electron chi connectivity index (χ4n) is 7.55. The molecule has 4 atom stereocenters. The third-order valence-electron chi connectivity index (χ3n) is 10.3. The molecular formula is C41H40N2O12. The SMILES string of the molecule is CC(=O)Oc1cc(CO)c2c(c1C1=Cc3ccccc3CC1)C(=O)c1cc(O[C@H]3O[C@H](C)[C@@H](O)C(O)(O)[C@H]3O)c(Cc3cccc(C(N)N)c3)c(O)c1C2=O. The number of hydrogen-bond acceptors (Lipinski definition) is 14. The average molecular weight is 753 g/mol. The van der Waals surface area contributed by atoms with Gasteiger partial charge < -0.3 is 56.3 Å². The average Bonchev–Trinajstić information content (AvgIpc) is 3.15. The Labute approximate surface area is 314 Å². The first-order chi connectivity index (χ1) is 26.1. The Morgan fingerprint density at radius 2 is 1.67 bits per heavy atom. The van der Waals surface area contributed by atoms with Crippen LogP contribution in [0.5, 0.6) is 17.2 Å². The van der Waals surface area contributed by atoms with Crippen LogP contribution in [0.25, 0.3) is 11.6 Å². The molecule has 7 rings (SSSR count). The molecule has 1 heterocycles. The maximum Gasteiger partial charge on any atom is 0.308 e. The summed E-state index contributed by atoms with van der Waals surface area (Å²) < 4.78 is 17.3. The van der Waals surface area contributed by atoms with Gasteiger partial charge in [-0.1, -0.05) is 54.6 Å². The summed E-state index contributed by atoms with van der Waals surface area (Å²) in [6.07, 6.45) is -5.46. The fraction of sp³-hybridized carbons (Fsp3) is 0.293. The van der Waals surface area contributed by atoms with E-state index in [2.05, 4.69) is 0 Å². The van der Waals surface area contributed by atoms with Gasteiger partial charge in [0.05, 0.1) is 24.4 Å². The van der Waals surface area contributed by atoms with Crippen molar-refractivity contribution in [1.82, 2.24) is 0 Å². The number of aromatic hydroxyl groups is 1. The summed E-state index contributed by atoms with van der Waals surface area (Å²) in [5.74, 6) is -6.37. The molecule has 2 aliphatic carbocycles. The van der Waals surface area contributed by atoms with E-state index in [-0.39, 0.29) is 51.3 Å². The quantitative estimate of drug-likeness (QED) is 0.0642. The topological polar surface area (TPSA) is 252 Å². The van der Waals surface area contributed by atoms with E-state index in [1.165, 1.54) is 26.0 Å². The molecule has 286 valence electrons. The Morgan fingerprint density at radius 1 is 0.927 bits per heavy atom. The Morgan fingerprint density at radius 3 is 2.38 bits per heavy atom. The van der Waals surface area contributed by atoms with E-state index in [1.54, 1.807) is 24.3 Å². The molecule has 4 aromatic carbocycles. The summed E-state index contributed by atoms with van der Waals surface area (Å²) in [4.78, 5) is 42.0. The van der Waals surface area contributed by atoms with Crippen molar-refractivity contribution in [3.05, 3.63) is 122 Å². The van der Waals surface area contributed by atoms with E-state index in [9.17, 15) is 45.0 Å². The minimum atomic E-state index is -3.08. The first-order valence-corrected chi connectivity index (χ1v) is 17.6. The van der Waals surface area contributed by atoms with Crippen LogP contribution in [0.2, 0.25) is 0 Å². The number of fused-ring (bicyclic) bond motifs is 3. The molecule has 0 amide bonds. The summed E-state index contributed by atoms with van der Waals surface area (Å²) in [6, 6.07) is 16.9. The number of carbonyl (C=O) groups is 3. The van der Waals surface area contributed by atoms with Crippen LogP contribution in [0.4, 0.5) is 0 Å². The van der Waals surface area contributed by atoms with E-state index in [1.807, 2.05) is 30.3 Å². The second kappa shape index (κ2) is 14.4. The van der Waals surface area contributed by atoms with Gasteiger partial charge in [0.15, 0.2) is 17.7 Å². The monoisotopic (exact) mass is 752 g/mol. The largest absolute Gasteiger partial charge is 0.507 e. The number of rotatable bonds is 8. The normalized spacial score (nSPS) is 21.4. The predicted octanol–water partition coefficient (Wildman–Crippen LogP) is 2.11. The van der Waals surface area contributed by atoms with Crippen molar-refractivity contribution >= 4 is 29.2 Å². The summed E-state index contributed by atoms with van der Waals surface area (Å²) in [5.41, 5.74) is 14.4. The number of aliphatic hydroxyl groups is 5. The fourth-order valence-corrected chi connectivity index (χ4v) is 7.55. The van der Waals surface area contributed by atoms with Crippen molar-refractivity contribution < 1.29 is 59.2 Å². The van der Waals surface area contributed by atoms with Crippen molar-refractivity contribution in [2.75, 3.05) is 0 Å². The molecule has 1 fully saturated rings. The summed E-state index contributed by atoms with van der Waals surface area (Å²) >= 11 is 0. The maximum absolute atomic E-state index is 14.9. The zero-order valence-corrected chi connectivity index (χ0v) is 29.9. The van der Waals surface area contributed by atoms with Crippen molar-refractivity contribution in [1.29, 1.82) is 0 Å². The first-order valence-electron chi connectivity index (χ1n) is 17.6. The Bertz CT molecular complexity index is 2280. The van der Waals surface area contributed by atoms with Gasteiger partial charge in [-0.05, 0) is 65.3 Å². The molecule has 55 heavy (non-hydrogen) atoms. The van der Waals surface area contributed by atoms with Gasteiger partial charge in [0.25, 0.3) is 0 Å². The smallest absolute Gasteiger partial charge is 0.308 e. The first kappa shape index (κ1) is 38.0. The molecule has 14 heteroatoms. The number of phenols is 1. The van der Waals surface area contributed by atoms with E-state index in [4.69, 9.17) is 25.7 Å². The number of ketones is 2. The number of hydrogen-bond donors (Lipinski definition) is 8. The van der Waals surface area contributed by atoms with Crippen LogP contribution in [-0.4, -0.2) is 78.6 Å². The van der Waals surface area contributed by atoms with Gasteiger partial charge in [-0.3, -0.25) is 14.4 Å². The zero-order valence-electron chi connectivity index (χ0n) is 29.9. The second-order valence-corrected chi connectivity index (χ2v) is 14.0. The molecule has 4 aromatic rings. The minimum absolute atomic E-state index is 0.0183. The molecule has 0 bridgehead atoms. The second-order valence-electron chi connectivity index (χ2n) is 14.0. The van der Waals surface area contributed by atoms with Crippen molar-refractivity contribution in [3.63, 3.8) is 0 Å². The van der Waals surface area contributed by atoms with E-state index >= 15 is 0 Å². The number of aliphatic hydroxyl groups excluding tert-OH is 3. The molecule has 10 N–H and O–H groups in total. The molecule has 0 aromatic heterocycles. The lowest BCUT2D eigenvalue weighted by molar-refractivity contribution is -0.371. The van der Waals surface area contributed by atoms with E-state index in [0.29, 0.717) is 29.5 Å². The van der Waals surface area contributed by atoms with Gasteiger partial charge in [0, 0.05) is 41.2 Å². The molecule has 3 aliphatic rings. The van der Waals surface area contributed by atoms with Crippen LogP contribution in [0, 0.1) is 0 Å². The van der Waals surface area contributed by atoms with Gasteiger partial charge in [0.2, 0.25) is 12.1 Å². The lowest BCUT2D eigenvalue weighted by atomic mass is 9.75. The van der Waals surface area contributed by atoms with Gasteiger partial charge in [-0.15, -0.1) is 0 Å². The molecule has 0 unspecified atom stereocenters. The van der Waals surface area contributed by atoms with Crippen LogP contribution in [0.1, 0.15) is 97.2 Å². The lowest BCUT2D eigenvalue weighted by Gasteiger charge is -2.44. The highest BCUT2D eigenvalue weighted by Gasteiger charge is 2.54. The number of allylic oxidation sites excluding steroid dienone is 1. The number of esters is 1. The Hall–Kier alpha value is -5.29. The number of nitrogens with two attached hydrogens (primary N) is 2. The molecule has 14 nitrogen and oxygen atoms in total. The van der Waals surface area contributed by atoms with Crippen LogP contribution in [0.15, 0.2) is 60.7 Å². The summed E-state index contributed by atoms with van der Waals surface area (Å²) in [5, 5.41) is 64.9. The summed E-state index contributed by atoms with van der Waals surface area (Å²) in [7, 11) is 0. The van der Waals surface area contributed by atoms with E-state index in [0.717, 1.165) is 11.1 Å². The zero-order chi connectivity index (χ0) is 39.5. The Kier molecular flexibility index (Phi) is 9.96. The van der Waals surface area contributed by atoms with Gasteiger partial charge in [-0.2, -0.15) is 0 Å². The Balaban J connectivity index is 1.45. The minimum Gasteiger partial charge on any atom is -0.507 e. The van der Waals surface area contributed by atoms with Crippen molar-refractivity contribution in [3.8, 4) is 17.2 Å². The van der Waals surface area contributed by atoms with Crippen LogP contribution >= 0.6 is 0 Å². The molecule has 0 radical (unpaired) electrons. The van der Waals surface area contributed by atoms with Crippen LogP contribution in [0.3, 0.4) is 0 Å². The number of ether oxygens (including phenoxy) is 3. The summed E-state index contributed by atoms with van der Waals surface area (Å²) in [6.45, 7) is 1.78. The third-order valence-corrected chi connectivity index (χ3v) is 10.3. The van der Waals surface area contributed by atoms with Gasteiger partial charge in [0.1, 0.15) is 23.4 Å². The lowest BCUT2D eigenvalue weighted by Crippen LogP contribution is -2.67. The van der Waals surface area contributed by atoms with Crippen molar-refractivity contribution in [2.24, 2.45) is 11.5 Å². The van der Waals surface area contributed by atoms with Crippen molar-refractivity contribution in [2.45, 2.75) is 76.3 Å². The number of aryl methyl sites for hydroxylation is 1. The maximum atomic E-state index is 14.9. The highest BCUT2D eigenvalue weighted by molar-refractivity contribution is 6.31.